The molecule has 0 amide bonds. The lowest BCUT2D eigenvalue weighted by molar-refractivity contribution is 0.165. The summed E-state index contributed by atoms with van der Waals surface area (Å²) in [6.45, 7) is 1.86. The van der Waals surface area contributed by atoms with Crippen molar-refractivity contribution in [3.05, 3.63) is 87.7 Å². The van der Waals surface area contributed by atoms with Crippen molar-refractivity contribution in [1.82, 2.24) is 10.2 Å². The molecule has 4 rings (SSSR count). The molecule has 168 valence electrons. The fourth-order valence-electron chi connectivity index (χ4n) is 4.23. The molecule has 1 N–H and O–H groups in total. The van der Waals surface area contributed by atoms with E-state index in [2.05, 4.69) is 10.2 Å². The zero-order valence-corrected chi connectivity index (χ0v) is 18.4. The minimum absolute atomic E-state index is 0.0205. The SMILES string of the molecule is C[C@@H](Cc1n[nH]c(=O)o1)[C@@H]1Cc2ccccc2C(S(=O)(=O)C(=O)OCc2ccccc2)C1. The van der Waals surface area contributed by atoms with Crippen LogP contribution in [0.1, 0.15) is 41.2 Å². The predicted octanol–water partition coefficient (Wildman–Crippen LogP) is 3.60. The molecule has 0 aliphatic heterocycles. The first-order valence-electron chi connectivity index (χ1n) is 10.4. The number of rotatable bonds is 6. The number of fused-ring (bicyclic) bond motifs is 1. The molecule has 32 heavy (non-hydrogen) atoms. The first-order chi connectivity index (χ1) is 15.3. The van der Waals surface area contributed by atoms with Gasteiger partial charge >= 0.3 is 11.1 Å². The van der Waals surface area contributed by atoms with Crippen molar-refractivity contribution < 1.29 is 22.4 Å². The molecule has 2 aromatic carbocycles. The molecule has 3 aromatic rings. The molecule has 0 saturated carbocycles. The van der Waals surface area contributed by atoms with Crippen LogP contribution in [0.15, 0.2) is 63.8 Å². The number of nitrogens with zero attached hydrogens (tertiary/aromatic N) is 1. The second-order valence-corrected chi connectivity index (χ2v) is 10.1. The van der Waals surface area contributed by atoms with E-state index < -0.39 is 26.1 Å². The summed E-state index contributed by atoms with van der Waals surface area (Å²) in [4.78, 5) is 23.9. The molecule has 1 unspecified atom stereocenters. The van der Waals surface area contributed by atoms with Crippen LogP contribution in [0.25, 0.3) is 0 Å². The molecule has 0 saturated heterocycles. The zero-order valence-electron chi connectivity index (χ0n) is 17.6. The number of aromatic nitrogens is 2. The van der Waals surface area contributed by atoms with Crippen molar-refractivity contribution in [2.24, 2.45) is 11.8 Å². The minimum atomic E-state index is -4.24. The Balaban J connectivity index is 1.55. The van der Waals surface area contributed by atoms with E-state index in [0.29, 0.717) is 24.0 Å². The summed E-state index contributed by atoms with van der Waals surface area (Å²) < 4.78 is 36.7. The Labute approximate surface area is 185 Å². The Kier molecular flexibility index (Phi) is 6.27. The third kappa shape index (κ3) is 4.67. The van der Waals surface area contributed by atoms with Gasteiger partial charge in [0, 0.05) is 6.42 Å². The highest BCUT2D eigenvalue weighted by Crippen LogP contribution is 2.42. The zero-order chi connectivity index (χ0) is 22.7. The van der Waals surface area contributed by atoms with Gasteiger partial charge in [-0.25, -0.2) is 23.1 Å². The fraction of sp³-hybridized carbons (Fsp3) is 0.348. The third-order valence-electron chi connectivity index (χ3n) is 5.99. The summed E-state index contributed by atoms with van der Waals surface area (Å²) in [5.74, 6) is -0.410. The lowest BCUT2D eigenvalue weighted by atomic mass is 9.76. The summed E-state index contributed by atoms with van der Waals surface area (Å²) in [6, 6.07) is 16.2. The van der Waals surface area contributed by atoms with Gasteiger partial charge in [-0.3, -0.25) is 0 Å². The third-order valence-corrected chi connectivity index (χ3v) is 7.77. The normalized spacial score (nSPS) is 19.2. The van der Waals surface area contributed by atoms with Crippen LogP contribution in [0.5, 0.6) is 0 Å². The molecule has 1 aliphatic rings. The summed E-state index contributed by atoms with van der Waals surface area (Å²) in [5.41, 5.74) is 2.24. The van der Waals surface area contributed by atoms with Gasteiger partial charge in [-0.2, -0.15) is 0 Å². The summed E-state index contributed by atoms with van der Waals surface area (Å²) in [7, 11) is -4.24. The maximum atomic E-state index is 13.2. The number of H-pyrrole nitrogens is 1. The molecule has 8 nitrogen and oxygen atoms in total. The number of ether oxygens (including phenoxy) is 1. The Hall–Kier alpha value is -3.20. The number of benzene rings is 2. The Bertz CT molecular complexity index is 1250. The van der Waals surface area contributed by atoms with Gasteiger partial charge in [0.15, 0.2) is 0 Å². The standard InChI is InChI=1S/C23H24N2O6S/c1-15(11-21-24-25-22(26)31-21)18-12-17-9-5-6-10-19(17)20(13-18)32(28,29)23(27)30-14-16-7-3-2-4-8-16/h2-10,15,18,20H,11-14H2,1H3,(H,25,26)/t15-,18+,20?/m0/s1. The maximum Gasteiger partial charge on any atom is 0.434 e. The van der Waals surface area contributed by atoms with Gasteiger partial charge in [-0.15, -0.1) is 5.10 Å². The van der Waals surface area contributed by atoms with E-state index in [1.54, 1.807) is 36.4 Å². The molecule has 1 aliphatic carbocycles. The number of carbonyl (C=O) groups excluding carboxylic acids is 1. The van der Waals surface area contributed by atoms with Gasteiger partial charge in [-0.05, 0) is 41.4 Å². The monoisotopic (exact) mass is 456 g/mol. The van der Waals surface area contributed by atoms with Gasteiger partial charge in [-0.1, -0.05) is 61.5 Å². The van der Waals surface area contributed by atoms with E-state index in [4.69, 9.17) is 9.15 Å². The number of carbonyl (C=O) groups is 1. The quantitative estimate of drug-likeness (QED) is 0.563. The molecule has 0 bridgehead atoms. The molecule has 0 fully saturated rings. The highest BCUT2D eigenvalue weighted by atomic mass is 32.2. The first-order valence-corrected chi connectivity index (χ1v) is 12.0. The molecular weight excluding hydrogens is 432 g/mol. The highest BCUT2D eigenvalue weighted by Gasteiger charge is 2.42. The van der Waals surface area contributed by atoms with Gasteiger partial charge in [0.1, 0.15) is 6.61 Å². The first kappa shape index (κ1) is 22.0. The molecule has 1 heterocycles. The number of hydrogen-bond donors (Lipinski definition) is 1. The van der Waals surface area contributed by atoms with E-state index >= 15 is 0 Å². The van der Waals surface area contributed by atoms with Gasteiger partial charge in [0.05, 0.1) is 5.25 Å². The Morgan fingerprint density at radius 3 is 2.62 bits per heavy atom. The van der Waals surface area contributed by atoms with Gasteiger partial charge in [0.2, 0.25) is 5.89 Å². The van der Waals surface area contributed by atoms with Crippen LogP contribution in [0.2, 0.25) is 0 Å². The summed E-state index contributed by atoms with van der Waals surface area (Å²) >= 11 is 0. The minimum Gasteiger partial charge on any atom is -0.449 e. The number of hydrogen-bond acceptors (Lipinski definition) is 7. The van der Waals surface area contributed by atoms with Crippen molar-refractivity contribution in [2.45, 2.75) is 38.0 Å². The number of aromatic amines is 1. The average molecular weight is 457 g/mol. The van der Waals surface area contributed by atoms with Crippen LogP contribution in [-0.2, 0) is 34.0 Å². The van der Waals surface area contributed by atoms with E-state index in [1.165, 1.54) is 0 Å². The lowest BCUT2D eigenvalue weighted by Gasteiger charge is -2.33. The molecule has 0 radical (unpaired) electrons. The van der Waals surface area contributed by atoms with Gasteiger partial charge in [0.25, 0.3) is 9.84 Å². The van der Waals surface area contributed by atoms with Crippen molar-refractivity contribution >= 4 is 15.1 Å². The molecular formula is C23H24N2O6S. The van der Waals surface area contributed by atoms with Crippen molar-refractivity contribution in [1.29, 1.82) is 0 Å². The topological polar surface area (TPSA) is 119 Å². The van der Waals surface area contributed by atoms with Crippen LogP contribution in [0, 0.1) is 11.8 Å². The van der Waals surface area contributed by atoms with Crippen LogP contribution in [0.3, 0.4) is 0 Å². The Morgan fingerprint density at radius 1 is 1.19 bits per heavy atom. The number of nitrogens with one attached hydrogen (secondary N) is 1. The smallest absolute Gasteiger partial charge is 0.434 e. The maximum absolute atomic E-state index is 13.2. The second kappa shape index (κ2) is 9.12. The van der Waals surface area contributed by atoms with Gasteiger partial charge < -0.3 is 9.15 Å². The lowest BCUT2D eigenvalue weighted by Crippen LogP contribution is -2.32. The summed E-state index contributed by atoms with van der Waals surface area (Å²) in [5, 5.41) is 3.88. The van der Waals surface area contributed by atoms with Crippen LogP contribution >= 0.6 is 0 Å². The van der Waals surface area contributed by atoms with Crippen molar-refractivity contribution in [3.63, 3.8) is 0 Å². The van der Waals surface area contributed by atoms with E-state index in [0.717, 1.165) is 5.56 Å². The fourth-order valence-corrected chi connectivity index (χ4v) is 5.75. The van der Waals surface area contributed by atoms with Crippen LogP contribution < -0.4 is 5.76 Å². The number of sulfone groups is 1. The Morgan fingerprint density at radius 2 is 1.91 bits per heavy atom. The van der Waals surface area contributed by atoms with Crippen LogP contribution in [0.4, 0.5) is 4.79 Å². The average Bonchev–Trinajstić information content (AvgIpc) is 3.21. The molecule has 0 spiro atoms. The second-order valence-electron chi connectivity index (χ2n) is 8.14. The molecule has 1 aromatic heterocycles. The van der Waals surface area contributed by atoms with Crippen molar-refractivity contribution in [3.8, 4) is 0 Å². The highest BCUT2D eigenvalue weighted by molar-refractivity contribution is 8.05. The molecule has 9 heteroatoms. The van der Waals surface area contributed by atoms with Crippen LogP contribution in [-0.4, -0.2) is 23.9 Å². The van der Waals surface area contributed by atoms with E-state index in [9.17, 15) is 18.0 Å². The predicted molar refractivity (Wildman–Crippen MR) is 117 cm³/mol. The largest absolute Gasteiger partial charge is 0.449 e. The van der Waals surface area contributed by atoms with E-state index in [-0.39, 0.29) is 30.8 Å². The van der Waals surface area contributed by atoms with E-state index in [1.807, 2.05) is 25.1 Å². The van der Waals surface area contributed by atoms with Crippen molar-refractivity contribution in [2.75, 3.05) is 0 Å². The molecule has 3 atom stereocenters. The summed E-state index contributed by atoms with van der Waals surface area (Å²) in [6.07, 6.45) is 1.32.